The molecule has 0 aromatic carbocycles. The van der Waals surface area contributed by atoms with Gasteiger partial charge in [-0.2, -0.15) is 0 Å². The van der Waals surface area contributed by atoms with Gasteiger partial charge in [-0.3, -0.25) is 4.79 Å². The van der Waals surface area contributed by atoms with Crippen molar-refractivity contribution in [1.29, 1.82) is 0 Å². The van der Waals surface area contributed by atoms with E-state index < -0.39 is 0 Å². The molecule has 0 unspecified atom stereocenters. The molecule has 0 amide bonds. The van der Waals surface area contributed by atoms with Crippen LogP contribution in [0.15, 0.2) is 0 Å². The van der Waals surface area contributed by atoms with E-state index in [1.807, 2.05) is 0 Å². The molecular weight excluding hydrogens is 128 g/mol. The fourth-order valence-electron chi connectivity index (χ4n) is 1.16. The first-order valence-electron chi connectivity index (χ1n) is 4.05. The van der Waals surface area contributed by atoms with Crippen LogP contribution in [-0.4, -0.2) is 12.6 Å². The van der Waals surface area contributed by atoms with Gasteiger partial charge in [0.25, 0.3) is 0 Å². The van der Waals surface area contributed by atoms with Crippen molar-refractivity contribution in [3.8, 4) is 0 Å². The van der Waals surface area contributed by atoms with Crippen molar-refractivity contribution in [2.45, 2.75) is 38.5 Å². The Hall–Kier alpha value is -0.530. The van der Waals surface area contributed by atoms with Crippen LogP contribution in [-0.2, 0) is 9.53 Å². The highest BCUT2D eigenvalue weighted by Crippen LogP contribution is 2.09. The Labute approximate surface area is 61.6 Å². The largest absolute Gasteiger partial charge is 0.466 e. The summed E-state index contributed by atoms with van der Waals surface area (Å²) in [6.45, 7) is 0.638. The second kappa shape index (κ2) is 4.31. The van der Waals surface area contributed by atoms with Crippen LogP contribution < -0.4 is 0 Å². The van der Waals surface area contributed by atoms with Crippen LogP contribution in [0.3, 0.4) is 0 Å². The number of hydrogen-bond acceptors (Lipinski definition) is 2. The van der Waals surface area contributed by atoms with E-state index >= 15 is 0 Å². The fourth-order valence-corrected chi connectivity index (χ4v) is 1.16. The van der Waals surface area contributed by atoms with E-state index in [0.29, 0.717) is 13.0 Å². The van der Waals surface area contributed by atoms with Gasteiger partial charge in [0.15, 0.2) is 0 Å². The van der Waals surface area contributed by atoms with Crippen LogP contribution in [0.1, 0.15) is 38.5 Å². The second-order valence-corrected chi connectivity index (χ2v) is 2.74. The van der Waals surface area contributed by atoms with Crippen LogP contribution in [0.25, 0.3) is 0 Å². The number of hydrogen-bond donors (Lipinski definition) is 0. The molecule has 0 aromatic heterocycles. The molecule has 58 valence electrons. The molecule has 0 aromatic rings. The van der Waals surface area contributed by atoms with Gasteiger partial charge in [-0.05, 0) is 12.8 Å². The van der Waals surface area contributed by atoms with Crippen molar-refractivity contribution < 1.29 is 9.53 Å². The van der Waals surface area contributed by atoms with E-state index in [1.165, 1.54) is 19.3 Å². The molecule has 1 saturated heterocycles. The zero-order valence-electron chi connectivity index (χ0n) is 6.27. The predicted octanol–water partition coefficient (Wildman–Crippen LogP) is 1.88. The Balaban J connectivity index is 2.21. The SMILES string of the molecule is O=C1CCCCCCCO1. The summed E-state index contributed by atoms with van der Waals surface area (Å²) >= 11 is 0. The van der Waals surface area contributed by atoms with Crippen molar-refractivity contribution in [3.05, 3.63) is 0 Å². The van der Waals surface area contributed by atoms with Gasteiger partial charge >= 0.3 is 5.97 Å². The summed E-state index contributed by atoms with van der Waals surface area (Å²) in [5.41, 5.74) is 0. The van der Waals surface area contributed by atoms with Crippen molar-refractivity contribution in [2.75, 3.05) is 6.61 Å². The van der Waals surface area contributed by atoms with Gasteiger partial charge in [0.2, 0.25) is 0 Å². The van der Waals surface area contributed by atoms with E-state index in [4.69, 9.17) is 4.74 Å². The van der Waals surface area contributed by atoms with Crippen LogP contribution in [0.5, 0.6) is 0 Å². The quantitative estimate of drug-likeness (QED) is 0.483. The van der Waals surface area contributed by atoms with Crippen molar-refractivity contribution in [2.24, 2.45) is 0 Å². The van der Waals surface area contributed by atoms with Crippen molar-refractivity contribution in [1.82, 2.24) is 0 Å². The molecule has 1 rings (SSSR count). The van der Waals surface area contributed by atoms with E-state index in [0.717, 1.165) is 12.8 Å². The Morgan fingerprint density at radius 1 is 1.00 bits per heavy atom. The Morgan fingerprint density at radius 3 is 2.60 bits per heavy atom. The Bertz CT molecular complexity index is 97.8. The molecule has 0 bridgehead atoms. The first-order chi connectivity index (χ1) is 4.89. The lowest BCUT2D eigenvalue weighted by Gasteiger charge is -1.99. The molecule has 1 aliphatic rings. The first kappa shape index (κ1) is 7.58. The summed E-state index contributed by atoms with van der Waals surface area (Å²) in [4.78, 5) is 10.8. The molecule has 0 aliphatic carbocycles. The number of carbonyl (C=O) groups excluding carboxylic acids is 1. The summed E-state index contributed by atoms with van der Waals surface area (Å²) in [6.07, 6.45) is 6.35. The van der Waals surface area contributed by atoms with Gasteiger partial charge in [-0.25, -0.2) is 0 Å². The van der Waals surface area contributed by atoms with Gasteiger partial charge in [0.1, 0.15) is 0 Å². The fraction of sp³-hybridized carbons (Fsp3) is 0.875. The number of rotatable bonds is 0. The average molecular weight is 142 g/mol. The molecule has 0 saturated carbocycles. The minimum absolute atomic E-state index is 0.0121. The summed E-state index contributed by atoms with van der Waals surface area (Å²) in [6, 6.07) is 0. The summed E-state index contributed by atoms with van der Waals surface area (Å²) in [7, 11) is 0. The molecule has 1 fully saturated rings. The third kappa shape index (κ3) is 2.85. The molecular formula is C8H14O2. The third-order valence-electron chi connectivity index (χ3n) is 1.79. The lowest BCUT2D eigenvalue weighted by atomic mass is 10.1. The first-order valence-corrected chi connectivity index (χ1v) is 4.05. The van der Waals surface area contributed by atoms with Gasteiger partial charge in [0, 0.05) is 6.42 Å². The zero-order valence-corrected chi connectivity index (χ0v) is 6.27. The highest BCUT2D eigenvalue weighted by Gasteiger charge is 2.04. The molecule has 1 aliphatic heterocycles. The molecule has 10 heavy (non-hydrogen) atoms. The zero-order chi connectivity index (χ0) is 7.23. The smallest absolute Gasteiger partial charge is 0.305 e. The molecule has 0 atom stereocenters. The van der Waals surface area contributed by atoms with Gasteiger partial charge in [-0.15, -0.1) is 0 Å². The predicted molar refractivity (Wildman–Crippen MR) is 38.7 cm³/mol. The van der Waals surface area contributed by atoms with Crippen molar-refractivity contribution >= 4 is 5.97 Å². The standard InChI is InChI=1S/C8H14O2/c9-8-6-4-2-1-3-5-7-10-8/h1-7H2. The molecule has 2 nitrogen and oxygen atoms in total. The minimum Gasteiger partial charge on any atom is -0.466 e. The van der Waals surface area contributed by atoms with Crippen LogP contribution >= 0.6 is 0 Å². The Kier molecular flexibility index (Phi) is 3.27. The lowest BCUT2D eigenvalue weighted by Crippen LogP contribution is -2.03. The highest BCUT2D eigenvalue weighted by molar-refractivity contribution is 5.69. The summed E-state index contributed by atoms with van der Waals surface area (Å²) < 4.78 is 4.92. The van der Waals surface area contributed by atoms with E-state index in [1.54, 1.807) is 0 Å². The van der Waals surface area contributed by atoms with Crippen molar-refractivity contribution in [3.63, 3.8) is 0 Å². The molecule has 1 heterocycles. The molecule has 0 radical (unpaired) electrons. The third-order valence-corrected chi connectivity index (χ3v) is 1.79. The second-order valence-electron chi connectivity index (χ2n) is 2.74. The maximum atomic E-state index is 10.8. The van der Waals surface area contributed by atoms with Crippen LogP contribution in [0.2, 0.25) is 0 Å². The topological polar surface area (TPSA) is 26.3 Å². The lowest BCUT2D eigenvalue weighted by molar-refractivity contribution is -0.143. The van der Waals surface area contributed by atoms with E-state index in [2.05, 4.69) is 0 Å². The van der Waals surface area contributed by atoms with Gasteiger partial charge < -0.3 is 4.74 Å². The maximum absolute atomic E-state index is 10.8. The number of ether oxygens (including phenoxy) is 1. The average Bonchev–Trinajstić information content (AvgIpc) is 2.02. The number of esters is 1. The van der Waals surface area contributed by atoms with Gasteiger partial charge in [-0.1, -0.05) is 19.3 Å². The molecule has 0 spiro atoms. The monoisotopic (exact) mass is 142 g/mol. The maximum Gasteiger partial charge on any atom is 0.305 e. The molecule has 2 heteroatoms. The Morgan fingerprint density at radius 2 is 1.70 bits per heavy atom. The van der Waals surface area contributed by atoms with Crippen LogP contribution in [0.4, 0.5) is 0 Å². The molecule has 0 N–H and O–H groups in total. The summed E-state index contributed by atoms with van der Waals surface area (Å²) in [5, 5.41) is 0. The van der Waals surface area contributed by atoms with Crippen LogP contribution in [0, 0.1) is 0 Å². The van der Waals surface area contributed by atoms with Gasteiger partial charge in [0.05, 0.1) is 6.61 Å². The van der Waals surface area contributed by atoms with E-state index in [9.17, 15) is 4.79 Å². The van der Waals surface area contributed by atoms with E-state index in [-0.39, 0.29) is 5.97 Å². The minimum atomic E-state index is -0.0121. The highest BCUT2D eigenvalue weighted by atomic mass is 16.5. The normalized spacial score (nSPS) is 22.2. The summed E-state index contributed by atoms with van der Waals surface area (Å²) in [5.74, 6) is -0.0121. The number of cyclic esters (lactones) is 1. The number of carbonyl (C=O) groups is 1.